The smallest absolute Gasteiger partial charge is 0.258 e. The van der Waals surface area contributed by atoms with E-state index in [1.807, 2.05) is 13.8 Å². The molecule has 12 nitrogen and oxygen atoms in total. The largest absolute Gasteiger partial charge is 0.497 e. The molecule has 0 aliphatic carbocycles. The number of ether oxygens (including phenoxy) is 3. The zero-order chi connectivity index (χ0) is 32.7. The maximum Gasteiger partial charge on any atom is 0.258 e. The van der Waals surface area contributed by atoms with Gasteiger partial charge < -0.3 is 24.2 Å². The van der Waals surface area contributed by atoms with Crippen molar-refractivity contribution >= 4 is 31.6 Å². The number of nitrogens with one attached hydrogen (secondary N) is 1. The Labute approximate surface area is 261 Å². The molecule has 0 saturated heterocycles. The minimum Gasteiger partial charge on any atom is -0.497 e. The van der Waals surface area contributed by atoms with E-state index >= 15 is 0 Å². The van der Waals surface area contributed by atoms with Gasteiger partial charge in [-0.1, -0.05) is 6.92 Å². The maximum atomic E-state index is 14.1. The van der Waals surface area contributed by atoms with Crippen LogP contribution in [-0.4, -0.2) is 102 Å². The number of likely N-dealkylation sites (N-methyl/N-ethyl adjacent to an activating group) is 1. The molecule has 44 heavy (non-hydrogen) atoms. The summed E-state index contributed by atoms with van der Waals surface area (Å²) in [6, 6.07) is 10.1. The lowest BCUT2D eigenvalue weighted by molar-refractivity contribution is -0.00833. The van der Waals surface area contributed by atoms with Gasteiger partial charge in [-0.3, -0.25) is 9.52 Å². The van der Waals surface area contributed by atoms with Crippen molar-refractivity contribution in [2.45, 2.75) is 63.2 Å². The average molecular weight is 656 g/mol. The number of benzene rings is 2. The molecule has 2 aromatic carbocycles. The normalized spacial score (nSPS) is 21.6. The van der Waals surface area contributed by atoms with Crippen molar-refractivity contribution in [3.63, 3.8) is 0 Å². The number of carbonyl (C=O) groups is 1. The monoisotopic (exact) mass is 655 g/mol. The third-order valence-corrected chi connectivity index (χ3v) is 10.0. The quantitative estimate of drug-likeness (QED) is 0.415. The van der Waals surface area contributed by atoms with Gasteiger partial charge in [0.1, 0.15) is 11.5 Å². The molecule has 4 atom stereocenters. The summed E-state index contributed by atoms with van der Waals surface area (Å²) in [5, 5.41) is 10.1. The Morgan fingerprint density at radius 3 is 2.41 bits per heavy atom. The zero-order valence-electron chi connectivity index (χ0n) is 26.2. The number of amides is 1. The van der Waals surface area contributed by atoms with Crippen LogP contribution in [0, 0.1) is 5.92 Å². The molecule has 0 spiro atoms. The number of aliphatic hydroxyl groups is 1. The number of anilines is 1. The van der Waals surface area contributed by atoms with Gasteiger partial charge in [0.05, 0.1) is 48.7 Å². The molecule has 0 unspecified atom stereocenters. The van der Waals surface area contributed by atoms with E-state index in [0.29, 0.717) is 30.9 Å². The number of hydrogen-bond donors (Lipinski definition) is 2. The highest BCUT2D eigenvalue weighted by molar-refractivity contribution is 7.92. The van der Waals surface area contributed by atoms with Crippen LogP contribution in [0.25, 0.3) is 0 Å². The van der Waals surface area contributed by atoms with Gasteiger partial charge in [0.2, 0.25) is 20.0 Å². The lowest BCUT2D eigenvalue weighted by Gasteiger charge is -2.35. The molecule has 0 radical (unpaired) electrons. The van der Waals surface area contributed by atoms with Crippen molar-refractivity contribution in [2.75, 3.05) is 51.4 Å². The van der Waals surface area contributed by atoms with E-state index in [-0.39, 0.29) is 47.9 Å². The first-order valence-electron chi connectivity index (χ1n) is 14.6. The van der Waals surface area contributed by atoms with Gasteiger partial charge >= 0.3 is 0 Å². The minimum absolute atomic E-state index is 0.0313. The summed E-state index contributed by atoms with van der Waals surface area (Å²) in [4.78, 5) is 15.7. The summed E-state index contributed by atoms with van der Waals surface area (Å²) in [7, 11) is -4.47. The van der Waals surface area contributed by atoms with E-state index in [4.69, 9.17) is 14.2 Å². The summed E-state index contributed by atoms with van der Waals surface area (Å²) < 4.78 is 71.9. The van der Waals surface area contributed by atoms with E-state index < -0.39 is 38.1 Å². The van der Waals surface area contributed by atoms with Gasteiger partial charge in [-0.25, -0.2) is 16.8 Å². The summed E-state index contributed by atoms with van der Waals surface area (Å²) in [6.07, 6.45) is 2.34. The van der Waals surface area contributed by atoms with E-state index in [2.05, 4.69) is 4.72 Å². The molecule has 0 saturated carbocycles. The van der Waals surface area contributed by atoms with Crippen LogP contribution in [0.1, 0.15) is 50.4 Å². The van der Waals surface area contributed by atoms with Gasteiger partial charge in [-0.15, -0.1) is 0 Å². The van der Waals surface area contributed by atoms with Crippen LogP contribution in [0.4, 0.5) is 5.69 Å². The molecule has 3 rings (SSSR count). The van der Waals surface area contributed by atoms with Crippen LogP contribution in [0.3, 0.4) is 0 Å². The Morgan fingerprint density at radius 2 is 1.80 bits per heavy atom. The number of rotatable bonds is 9. The third kappa shape index (κ3) is 9.54. The van der Waals surface area contributed by atoms with Gasteiger partial charge in [-0.2, -0.15) is 4.31 Å². The van der Waals surface area contributed by atoms with Crippen LogP contribution < -0.4 is 14.2 Å². The Balaban J connectivity index is 1.97. The molecule has 2 N–H and O–H groups in total. The Kier molecular flexibility index (Phi) is 12.4. The third-order valence-electron chi connectivity index (χ3n) is 7.56. The topological polar surface area (TPSA) is 152 Å². The van der Waals surface area contributed by atoms with Gasteiger partial charge in [0.25, 0.3) is 5.91 Å². The van der Waals surface area contributed by atoms with Crippen molar-refractivity contribution < 1.29 is 40.9 Å². The first-order chi connectivity index (χ1) is 20.7. The Hall–Kier alpha value is -2.91. The molecule has 1 aliphatic rings. The minimum atomic E-state index is -3.86. The summed E-state index contributed by atoms with van der Waals surface area (Å²) >= 11 is 0. The predicted molar refractivity (Wildman–Crippen MR) is 168 cm³/mol. The van der Waals surface area contributed by atoms with Gasteiger partial charge in [0.15, 0.2) is 0 Å². The van der Waals surface area contributed by atoms with Crippen LogP contribution in [0.15, 0.2) is 47.4 Å². The fourth-order valence-electron chi connectivity index (χ4n) is 4.94. The first-order valence-corrected chi connectivity index (χ1v) is 17.9. The molecule has 1 amide bonds. The molecule has 0 aromatic heterocycles. The van der Waals surface area contributed by atoms with Crippen molar-refractivity contribution in [3.05, 3.63) is 48.0 Å². The first kappa shape index (κ1) is 35.6. The zero-order valence-corrected chi connectivity index (χ0v) is 27.9. The van der Waals surface area contributed by atoms with E-state index in [9.17, 15) is 26.7 Å². The molecule has 2 aromatic rings. The number of carbonyl (C=O) groups excluding carboxylic acids is 1. The van der Waals surface area contributed by atoms with E-state index in [1.165, 1.54) is 47.6 Å². The van der Waals surface area contributed by atoms with Gasteiger partial charge in [-0.05, 0) is 75.6 Å². The molecular weight excluding hydrogens is 610 g/mol. The fourth-order valence-corrected chi connectivity index (χ4v) is 6.68. The number of aliphatic hydroxyl groups excluding tert-OH is 1. The number of fused-ring (bicyclic) bond motifs is 1. The molecule has 0 fully saturated rings. The number of hydrogen-bond acceptors (Lipinski definition) is 9. The molecule has 14 heteroatoms. The number of nitrogens with zero attached hydrogens (tertiary/aromatic N) is 2. The predicted octanol–water partition coefficient (Wildman–Crippen LogP) is 3.18. The second kappa shape index (κ2) is 15.4. The highest BCUT2D eigenvalue weighted by Crippen LogP contribution is 2.29. The highest BCUT2D eigenvalue weighted by Gasteiger charge is 2.32. The molecular formula is C30H45N3O9S2. The van der Waals surface area contributed by atoms with Gasteiger partial charge in [0, 0.05) is 38.3 Å². The van der Waals surface area contributed by atoms with Crippen LogP contribution in [-0.2, 0) is 24.8 Å². The number of methoxy groups -OCH3 is 1. The summed E-state index contributed by atoms with van der Waals surface area (Å²) in [5.74, 6) is 0.0233. The SMILES string of the molecule is COc1ccc(S(=O)(=O)N(C)C[C@@H]2OCCCC[C@H](C)Oc3ccc(NS(C)(=O)=O)cc3C(=O)N([C@@H](C)CO)C[C@H]2C)cc1. The average Bonchev–Trinajstić information content (AvgIpc) is 2.97. The molecule has 0 bridgehead atoms. The Bertz CT molecular complexity index is 1470. The lowest BCUT2D eigenvalue weighted by Crippen LogP contribution is -2.48. The highest BCUT2D eigenvalue weighted by atomic mass is 32.2. The second-order valence-electron chi connectivity index (χ2n) is 11.3. The standard InChI is InChI=1S/C30H45N3O9S2/c1-21-18-33(22(2)20-34)30(35)27-17-24(31-43(6,36)37)10-15-28(27)42-23(3)9-7-8-16-41-29(21)19-32(4)44(38,39)26-13-11-25(40-5)12-14-26/h10-15,17,21-23,29,31,34H,7-9,16,18-20H2,1-6H3/t21-,22+,23+,29+/m1/s1. The fraction of sp³-hybridized carbons (Fsp3) is 0.567. The van der Waals surface area contributed by atoms with Crippen molar-refractivity contribution in [2.24, 2.45) is 5.92 Å². The van der Waals surface area contributed by atoms with Crippen molar-refractivity contribution in [1.82, 2.24) is 9.21 Å². The van der Waals surface area contributed by atoms with E-state index in [0.717, 1.165) is 12.7 Å². The number of sulfonamides is 2. The van der Waals surface area contributed by atoms with Crippen LogP contribution in [0.2, 0.25) is 0 Å². The maximum absolute atomic E-state index is 14.1. The molecule has 1 aliphatic heterocycles. The Morgan fingerprint density at radius 1 is 1.11 bits per heavy atom. The van der Waals surface area contributed by atoms with Crippen LogP contribution in [0.5, 0.6) is 11.5 Å². The van der Waals surface area contributed by atoms with E-state index in [1.54, 1.807) is 25.1 Å². The summed E-state index contributed by atoms with van der Waals surface area (Å²) in [5.41, 5.74) is 0.347. The van der Waals surface area contributed by atoms with Crippen molar-refractivity contribution in [3.8, 4) is 11.5 Å². The summed E-state index contributed by atoms with van der Waals surface area (Å²) in [6.45, 7) is 5.68. The molecule has 1 heterocycles. The molecule has 246 valence electrons. The van der Waals surface area contributed by atoms with Crippen LogP contribution >= 0.6 is 0 Å². The lowest BCUT2D eigenvalue weighted by atomic mass is 10.0. The van der Waals surface area contributed by atoms with Crippen molar-refractivity contribution in [1.29, 1.82) is 0 Å². The second-order valence-corrected chi connectivity index (χ2v) is 15.1.